The van der Waals surface area contributed by atoms with Crippen molar-refractivity contribution in [3.05, 3.63) is 59.4 Å². The fourth-order valence-corrected chi connectivity index (χ4v) is 1.97. The standard InChI is InChI=1S/C18H23N3O/c1-13(2)11-20-16-8-9-19-17(10-16)18(22)21-12-15-6-4-14(3)5-7-15/h4-10,13H,11-12H2,1-3H3,(H,19,20)(H,21,22). The van der Waals surface area contributed by atoms with Gasteiger partial charge in [0.2, 0.25) is 0 Å². The lowest BCUT2D eigenvalue weighted by atomic mass is 10.1. The second-order valence-corrected chi connectivity index (χ2v) is 5.87. The average molecular weight is 297 g/mol. The molecule has 4 heteroatoms. The first-order valence-corrected chi connectivity index (χ1v) is 7.58. The van der Waals surface area contributed by atoms with Crippen LogP contribution in [-0.4, -0.2) is 17.4 Å². The summed E-state index contributed by atoms with van der Waals surface area (Å²) >= 11 is 0. The molecule has 1 heterocycles. The van der Waals surface area contributed by atoms with Gasteiger partial charge >= 0.3 is 0 Å². The van der Waals surface area contributed by atoms with Gasteiger partial charge in [0.25, 0.3) is 5.91 Å². The fraction of sp³-hybridized carbons (Fsp3) is 0.333. The molecule has 0 radical (unpaired) electrons. The third-order valence-electron chi connectivity index (χ3n) is 3.28. The summed E-state index contributed by atoms with van der Waals surface area (Å²) in [6, 6.07) is 11.8. The van der Waals surface area contributed by atoms with Crippen LogP contribution in [0.4, 0.5) is 5.69 Å². The lowest BCUT2D eigenvalue weighted by Gasteiger charge is -2.10. The Morgan fingerprint density at radius 2 is 1.91 bits per heavy atom. The number of anilines is 1. The summed E-state index contributed by atoms with van der Waals surface area (Å²) in [5.74, 6) is 0.390. The van der Waals surface area contributed by atoms with Crippen LogP contribution in [0.5, 0.6) is 0 Å². The third-order valence-corrected chi connectivity index (χ3v) is 3.28. The van der Waals surface area contributed by atoms with Crippen molar-refractivity contribution in [2.75, 3.05) is 11.9 Å². The Balaban J connectivity index is 1.94. The Labute approximate surface area is 132 Å². The minimum atomic E-state index is -0.159. The van der Waals surface area contributed by atoms with Gasteiger partial charge in [-0.25, -0.2) is 0 Å². The van der Waals surface area contributed by atoms with Gasteiger partial charge < -0.3 is 10.6 Å². The van der Waals surface area contributed by atoms with Crippen molar-refractivity contribution in [1.29, 1.82) is 0 Å². The molecule has 0 bridgehead atoms. The monoisotopic (exact) mass is 297 g/mol. The number of aryl methyl sites for hydroxylation is 1. The highest BCUT2D eigenvalue weighted by Crippen LogP contribution is 2.09. The van der Waals surface area contributed by atoms with Gasteiger partial charge in [-0.05, 0) is 30.5 Å². The van der Waals surface area contributed by atoms with Crippen LogP contribution >= 0.6 is 0 Å². The largest absolute Gasteiger partial charge is 0.385 e. The van der Waals surface area contributed by atoms with E-state index in [9.17, 15) is 4.79 Å². The molecule has 0 saturated heterocycles. The zero-order valence-corrected chi connectivity index (χ0v) is 13.4. The smallest absolute Gasteiger partial charge is 0.270 e. The van der Waals surface area contributed by atoms with Crippen molar-refractivity contribution in [3.63, 3.8) is 0 Å². The van der Waals surface area contributed by atoms with E-state index in [1.165, 1.54) is 5.56 Å². The number of nitrogens with one attached hydrogen (secondary N) is 2. The van der Waals surface area contributed by atoms with Crippen LogP contribution in [0.2, 0.25) is 0 Å². The molecule has 1 aromatic heterocycles. The fourth-order valence-electron chi connectivity index (χ4n) is 1.97. The molecule has 116 valence electrons. The van der Waals surface area contributed by atoms with E-state index in [4.69, 9.17) is 0 Å². The van der Waals surface area contributed by atoms with Crippen LogP contribution < -0.4 is 10.6 Å². The number of nitrogens with zero attached hydrogens (tertiary/aromatic N) is 1. The first-order valence-electron chi connectivity index (χ1n) is 7.58. The van der Waals surface area contributed by atoms with Crippen molar-refractivity contribution in [2.45, 2.75) is 27.3 Å². The molecule has 0 saturated carbocycles. The number of carbonyl (C=O) groups is 1. The molecule has 2 rings (SSSR count). The van der Waals surface area contributed by atoms with Crippen molar-refractivity contribution in [2.24, 2.45) is 5.92 Å². The van der Waals surface area contributed by atoms with E-state index < -0.39 is 0 Å². The van der Waals surface area contributed by atoms with Crippen molar-refractivity contribution >= 4 is 11.6 Å². The van der Waals surface area contributed by atoms with Crippen LogP contribution in [0.3, 0.4) is 0 Å². The van der Waals surface area contributed by atoms with E-state index in [-0.39, 0.29) is 5.91 Å². The molecule has 2 N–H and O–H groups in total. The molecule has 0 aliphatic rings. The molecule has 0 spiro atoms. The molecule has 4 nitrogen and oxygen atoms in total. The van der Waals surface area contributed by atoms with E-state index in [0.29, 0.717) is 18.2 Å². The minimum absolute atomic E-state index is 0.159. The highest BCUT2D eigenvalue weighted by atomic mass is 16.1. The van der Waals surface area contributed by atoms with E-state index in [0.717, 1.165) is 17.8 Å². The first kappa shape index (κ1) is 16.0. The second-order valence-electron chi connectivity index (χ2n) is 5.87. The Morgan fingerprint density at radius 3 is 2.59 bits per heavy atom. The normalized spacial score (nSPS) is 10.5. The molecule has 1 aromatic carbocycles. The first-order chi connectivity index (χ1) is 10.5. The van der Waals surface area contributed by atoms with Gasteiger partial charge in [-0.1, -0.05) is 43.7 Å². The maximum absolute atomic E-state index is 12.2. The van der Waals surface area contributed by atoms with E-state index in [1.807, 2.05) is 37.3 Å². The summed E-state index contributed by atoms with van der Waals surface area (Å²) < 4.78 is 0. The molecule has 0 fully saturated rings. The van der Waals surface area contributed by atoms with E-state index in [2.05, 4.69) is 29.5 Å². The van der Waals surface area contributed by atoms with Crippen molar-refractivity contribution < 1.29 is 4.79 Å². The summed E-state index contributed by atoms with van der Waals surface area (Å²) in [6.45, 7) is 7.70. The maximum atomic E-state index is 12.2. The Bertz CT molecular complexity index is 620. The summed E-state index contributed by atoms with van der Waals surface area (Å²) in [7, 11) is 0. The van der Waals surface area contributed by atoms with Gasteiger partial charge in [-0.15, -0.1) is 0 Å². The number of benzene rings is 1. The predicted molar refractivity (Wildman–Crippen MR) is 89.9 cm³/mol. The number of carbonyl (C=O) groups excluding carboxylic acids is 1. The van der Waals surface area contributed by atoms with Crippen LogP contribution in [-0.2, 0) is 6.54 Å². The highest BCUT2D eigenvalue weighted by Gasteiger charge is 2.08. The molecule has 2 aromatic rings. The Kier molecular flexibility index (Phi) is 5.53. The SMILES string of the molecule is Cc1ccc(CNC(=O)c2cc(NCC(C)C)ccn2)cc1. The van der Waals surface area contributed by atoms with Crippen molar-refractivity contribution in [1.82, 2.24) is 10.3 Å². The van der Waals surface area contributed by atoms with Gasteiger partial charge in [0.1, 0.15) is 5.69 Å². The molecule has 22 heavy (non-hydrogen) atoms. The summed E-state index contributed by atoms with van der Waals surface area (Å²) in [5, 5.41) is 6.20. The number of rotatable bonds is 6. The molecule has 0 atom stereocenters. The summed E-state index contributed by atoms with van der Waals surface area (Å²) in [5.41, 5.74) is 3.64. The molecule has 0 unspecified atom stereocenters. The van der Waals surface area contributed by atoms with Gasteiger partial charge in [-0.2, -0.15) is 0 Å². The molecule has 0 aliphatic carbocycles. The number of pyridine rings is 1. The number of aromatic nitrogens is 1. The van der Waals surface area contributed by atoms with Crippen LogP contribution in [0, 0.1) is 12.8 Å². The van der Waals surface area contributed by atoms with E-state index >= 15 is 0 Å². The summed E-state index contributed by atoms with van der Waals surface area (Å²) in [4.78, 5) is 16.3. The topological polar surface area (TPSA) is 54.0 Å². The van der Waals surface area contributed by atoms with Gasteiger partial charge in [0.05, 0.1) is 0 Å². The number of hydrogen-bond acceptors (Lipinski definition) is 3. The van der Waals surface area contributed by atoms with Crippen molar-refractivity contribution in [3.8, 4) is 0 Å². The molecular weight excluding hydrogens is 274 g/mol. The van der Waals surface area contributed by atoms with Gasteiger partial charge in [0.15, 0.2) is 0 Å². The highest BCUT2D eigenvalue weighted by molar-refractivity contribution is 5.93. The second kappa shape index (κ2) is 7.59. The predicted octanol–water partition coefficient (Wildman–Crippen LogP) is 3.39. The third kappa shape index (κ3) is 4.88. The minimum Gasteiger partial charge on any atom is -0.385 e. The zero-order chi connectivity index (χ0) is 15.9. The maximum Gasteiger partial charge on any atom is 0.270 e. The molecule has 1 amide bonds. The number of amides is 1. The van der Waals surface area contributed by atoms with Gasteiger partial charge in [-0.3, -0.25) is 9.78 Å². The van der Waals surface area contributed by atoms with Gasteiger partial charge in [0, 0.05) is 25.0 Å². The van der Waals surface area contributed by atoms with Crippen LogP contribution in [0.1, 0.15) is 35.5 Å². The Morgan fingerprint density at radius 1 is 1.18 bits per heavy atom. The lowest BCUT2D eigenvalue weighted by Crippen LogP contribution is -2.24. The zero-order valence-electron chi connectivity index (χ0n) is 13.4. The molecule has 0 aliphatic heterocycles. The Hall–Kier alpha value is -2.36. The number of hydrogen-bond donors (Lipinski definition) is 2. The molecular formula is C18H23N3O. The van der Waals surface area contributed by atoms with Crippen LogP contribution in [0.25, 0.3) is 0 Å². The van der Waals surface area contributed by atoms with Crippen LogP contribution in [0.15, 0.2) is 42.6 Å². The average Bonchev–Trinajstić information content (AvgIpc) is 2.52. The van der Waals surface area contributed by atoms with E-state index in [1.54, 1.807) is 12.3 Å². The lowest BCUT2D eigenvalue weighted by molar-refractivity contribution is 0.0946. The summed E-state index contributed by atoms with van der Waals surface area (Å²) in [6.07, 6.45) is 1.66. The quantitative estimate of drug-likeness (QED) is 0.859.